The Hall–Kier alpha value is -1.26. The van der Waals surface area contributed by atoms with E-state index in [0.29, 0.717) is 0 Å². The van der Waals surface area contributed by atoms with E-state index < -0.39 is 0 Å². The maximum absolute atomic E-state index is 12.2. The average Bonchev–Trinajstić information content (AvgIpc) is 2.85. The van der Waals surface area contributed by atoms with Crippen molar-refractivity contribution in [3.05, 3.63) is 58.6 Å². The van der Waals surface area contributed by atoms with Gasteiger partial charge in [-0.15, -0.1) is 11.8 Å². The number of nitrogens with one attached hydrogen (secondary N) is 1. The van der Waals surface area contributed by atoms with E-state index in [1.807, 2.05) is 36.4 Å². The van der Waals surface area contributed by atoms with Gasteiger partial charge in [-0.2, -0.15) is 0 Å². The predicted octanol–water partition coefficient (Wildman–Crippen LogP) is 4.10. The lowest BCUT2D eigenvalue weighted by Crippen LogP contribution is -2.24. The quantitative estimate of drug-likeness (QED) is 0.896. The van der Waals surface area contributed by atoms with Crippen LogP contribution >= 0.6 is 27.7 Å². The molecule has 3 rings (SSSR count). The SMILES string of the molecule is O=C(Nc1ccc(Br)cc1)C1Cc2ccccc2S1. The number of hydrogen-bond acceptors (Lipinski definition) is 2. The predicted molar refractivity (Wildman–Crippen MR) is 82.6 cm³/mol. The molecule has 0 fully saturated rings. The number of thioether (sulfide) groups is 1. The normalized spacial score (nSPS) is 17.0. The zero-order chi connectivity index (χ0) is 13.2. The van der Waals surface area contributed by atoms with Crippen LogP contribution in [0.5, 0.6) is 0 Å². The molecule has 2 aromatic carbocycles. The first-order valence-electron chi connectivity index (χ1n) is 6.03. The fourth-order valence-corrected chi connectivity index (χ4v) is 3.54. The molecule has 1 atom stereocenters. The third kappa shape index (κ3) is 2.85. The van der Waals surface area contributed by atoms with Gasteiger partial charge in [0.05, 0.1) is 5.25 Å². The molecule has 0 spiro atoms. The highest BCUT2D eigenvalue weighted by Crippen LogP contribution is 2.37. The first-order valence-corrected chi connectivity index (χ1v) is 7.70. The minimum Gasteiger partial charge on any atom is -0.325 e. The second-order valence-corrected chi connectivity index (χ2v) is 6.57. The van der Waals surface area contributed by atoms with Crippen molar-refractivity contribution >= 4 is 39.3 Å². The monoisotopic (exact) mass is 333 g/mol. The van der Waals surface area contributed by atoms with Gasteiger partial charge in [0.25, 0.3) is 0 Å². The first-order chi connectivity index (χ1) is 9.22. The fraction of sp³-hybridized carbons (Fsp3) is 0.133. The summed E-state index contributed by atoms with van der Waals surface area (Å²) in [4.78, 5) is 13.4. The minimum atomic E-state index is -0.0268. The number of halogens is 1. The van der Waals surface area contributed by atoms with Crippen molar-refractivity contribution in [2.75, 3.05) is 5.32 Å². The van der Waals surface area contributed by atoms with Crippen molar-refractivity contribution in [2.24, 2.45) is 0 Å². The molecule has 96 valence electrons. The van der Waals surface area contributed by atoms with E-state index in [9.17, 15) is 4.79 Å². The fourth-order valence-electron chi connectivity index (χ4n) is 2.08. The number of benzene rings is 2. The van der Waals surface area contributed by atoms with Gasteiger partial charge < -0.3 is 5.32 Å². The van der Waals surface area contributed by atoms with Crippen molar-refractivity contribution in [3.8, 4) is 0 Å². The number of amides is 1. The Morgan fingerprint density at radius 1 is 1.16 bits per heavy atom. The zero-order valence-electron chi connectivity index (χ0n) is 10.1. The van der Waals surface area contributed by atoms with E-state index >= 15 is 0 Å². The van der Waals surface area contributed by atoms with Crippen LogP contribution in [-0.2, 0) is 11.2 Å². The molecule has 0 aliphatic carbocycles. The Kier molecular flexibility index (Phi) is 3.62. The van der Waals surface area contributed by atoms with Crippen LogP contribution in [0.3, 0.4) is 0 Å². The second kappa shape index (κ2) is 5.39. The summed E-state index contributed by atoms with van der Waals surface area (Å²) in [5.41, 5.74) is 2.10. The molecule has 0 radical (unpaired) electrons. The Balaban J connectivity index is 1.68. The summed E-state index contributed by atoms with van der Waals surface area (Å²) >= 11 is 5.03. The molecular formula is C15H12BrNOS. The van der Waals surface area contributed by atoms with Crippen LogP contribution in [0, 0.1) is 0 Å². The lowest BCUT2D eigenvalue weighted by atomic mass is 10.1. The molecule has 19 heavy (non-hydrogen) atoms. The van der Waals surface area contributed by atoms with Gasteiger partial charge in [-0.1, -0.05) is 34.1 Å². The molecule has 2 aromatic rings. The number of hydrogen-bond donors (Lipinski definition) is 1. The molecule has 0 bridgehead atoms. The Morgan fingerprint density at radius 2 is 1.89 bits per heavy atom. The maximum atomic E-state index is 12.2. The summed E-state index contributed by atoms with van der Waals surface area (Å²) in [6.45, 7) is 0. The van der Waals surface area contributed by atoms with Gasteiger partial charge in [0.15, 0.2) is 0 Å². The third-order valence-electron chi connectivity index (χ3n) is 3.05. The molecule has 0 saturated carbocycles. The zero-order valence-corrected chi connectivity index (χ0v) is 12.5. The molecule has 1 N–H and O–H groups in total. The van der Waals surface area contributed by atoms with Crippen LogP contribution in [0.25, 0.3) is 0 Å². The van der Waals surface area contributed by atoms with Crippen molar-refractivity contribution in [3.63, 3.8) is 0 Å². The lowest BCUT2D eigenvalue weighted by Gasteiger charge is -2.09. The highest BCUT2D eigenvalue weighted by atomic mass is 79.9. The van der Waals surface area contributed by atoms with Crippen LogP contribution in [-0.4, -0.2) is 11.2 Å². The molecule has 0 saturated heterocycles. The average molecular weight is 334 g/mol. The molecule has 1 unspecified atom stereocenters. The second-order valence-electron chi connectivity index (χ2n) is 4.41. The van der Waals surface area contributed by atoms with E-state index in [2.05, 4.69) is 33.4 Å². The molecule has 4 heteroatoms. The molecule has 2 nitrogen and oxygen atoms in total. The van der Waals surface area contributed by atoms with Gasteiger partial charge >= 0.3 is 0 Å². The van der Waals surface area contributed by atoms with Crippen molar-refractivity contribution in [2.45, 2.75) is 16.6 Å². The van der Waals surface area contributed by atoms with E-state index in [0.717, 1.165) is 16.6 Å². The van der Waals surface area contributed by atoms with E-state index in [1.54, 1.807) is 11.8 Å². The van der Waals surface area contributed by atoms with E-state index in [-0.39, 0.29) is 11.2 Å². The topological polar surface area (TPSA) is 29.1 Å². The summed E-state index contributed by atoms with van der Waals surface area (Å²) in [5.74, 6) is 0.0727. The third-order valence-corrected chi connectivity index (χ3v) is 4.90. The van der Waals surface area contributed by atoms with E-state index in [4.69, 9.17) is 0 Å². The van der Waals surface area contributed by atoms with Gasteiger partial charge in [0.2, 0.25) is 5.91 Å². The number of carbonyl (C=O) groups is 1. The summed E-state index contributed by atoms with van der Waals surface area (Å²) in [6, 6.07) is 15.8. The maximum Gasteiger partial charge on any atom is 0.238 e. The van der Waals surface area contributed by atoms with Crippen molar-refractivity contribution in [1.29, 1.82) is 0 Å². The van der Waals surface area contributed by atoms with Crippen LogP contribution in [0.15, 0.2) is 57.9 Å². The van der Waals surface area contributed by atoms with Crippen LogP contribution in [0.4, 0.5) is 5.69 Å². The molecular weight excluding hydrogens is 322 g/mol. The molecule has 1 heterocycles. The van der Waals surface area contributed by atoms with E-state index in [1.165, 1.54) is 10.5 Å². The molecule has 0 aromatic heterocycles. The van der Waals surface area contributed by atoms with Gasteiger partial charge in [0.1, 0.15) is 0 Å². The summed E-state index contributed by atoms with van der Waals surface area (Å²) < 4.78 is 1.01. The number of fused-ring (bicyclic) bond motifs is 1. The Bertz CT molecular complexity index is 587. The first kappa shape index (κ1) is 12.8. The van der Waals surface area contributed by atoms with Crippen LogP contribution in [0.2, 0.25) is 0 Å². The van der Waals surface area contributed by atoms with Gasteiger partial charge in [-0.3, -0.25) is 4.79 Å². The standard InChI is InChI=1S/C15H12BrNOS/c16-11-5-7-12(8-6-11)17-15(18)14-9-10-3-1-2-4-13(10)19-14/h1-8,14H,9H2,(H,17,18). The summed E-state index contributed by atoms with van der Waals surface area (Å²) in [5, 5.41) is 2.94. The summed E-state index contributed by atoms with van der Waals surface area (Å²) in [7, 11) is 0. The lowest BCUT2D eigenvalue weighted by molar-refractivity contribution is -0.115. The van der Waals surface area contributed by atoms with Crippen LogP contribution in [0.1, 0.15) is 5.56 Å². The van der Waals surface area contributed by atoms with Crippen LogP contribution < -0.4 is 5.32 Å². The number of carbonyl (C=O) groups excluding carboxylic acids is 1. The van der Waals surface area contributed by atoms with Gasteiger partial charge in [0, 0.05) is 15.1 Å². The Morgan fingerprint density at radius 3 is 2.63 bits per heavy atom. The highest BCUT2D eigenvalue weighted by molar-refractivity contribution is 9.10. The summed E-state index contributed by atoms with van der Waals surface area (Å²) in [6.07, 6.45) is 0.809. The smallest absolute Gasteiger partial charge is 0.238 e. The number of anilines is 1. The molecule has 1 amide bonds. The largest absolute Gasteiger partial charge is 0.325 e. The van der Waals surface area contributed by atoms with Gasteiger partial charge in [-0.25, -0.2) is 0 Å². The van der Waals surface area contributed by atoms with Crippen molar-refractivity contribution < 1.29 is 4.79 Å². The minimum absolute atomic E-state index is 0.0268. The van der Waals surface area contributed by atoms with Crippen molar-refractivity contribution in [1.82, 2.24) is 0 Å². The Labute approximate surface area is 124 Å². The number of rotatable bonds is 2. The van der Waals surface area contributed by atoms with Gasteiger partial charge in [-0.05, 0) is 42.3 Å². The highest BCUT2D eigenvalue weighted by Gasteiger charge is 2.27. The molecule has 1 aliphatic heterocycles. The molecule has 1 aliphatic rings.